The van der Waals surface area contributed by atoms with Crippen LogP contribution in [-0.4, -0.2) is 24.4 Å². The lowest BCUT2D eigenvalue weighted by molar-refractivity contribution is -0.129. The highest BCUT2D eigenvalue weighted by molar-refractivity contribution is 6.52. The van der Waals surface area contributed by atoms with Crippen LogP contribution < -0.4 is 4.90 Å². The second kappa shape index (κ2) is 3.83. The van der Waals surface area contributed by atoms with E-state index in [2.05, 4.69) is 0 Å². The van der Waals surface area contributed by atoms with E-state index in [9.17, 15) is 22.8 Å². The molecule has 0 atom stereocenters. The number of amides is 1. The molecule has 1 aromatic rings. The molecule has 0 unspecified atom stereocenters. The van der Waals surface area contributed by atoms with E-state index in [1.807, 2.05) is 0 Å². The quantitative estimate of drug-likeness (QED) is 0.724. The average Bonchev–Trinajstić information content (AvgIpc) is 2.48. The Kier molecular flexibility index (Phi) is 2.68. The SMILES string of the molecule is Cc1ccc(C)c2c1C(=O)C(=O)N2CC(F)(F)F. The summed E-state index contributed by atoms with van der Waals surface area (Å²) in [5.41, 5.74) is 1.17. The summed E-state index contributed by atoms with van der Waals surface area (Å²) in [5.74, 6) is -1.98. The summed E-state index contributed by atoms with van der Waals surface area (Å²) in [5, 5.41) is 0. The lowest BCUT2D eigenvalue weighted by atomic mass is 10.0. The topological polar surface area (TPSA) is 37.4 Å². The molecule has 0 saturated heterocycles. The third-order valence-electron chi connectivity index (χ3n) is 2.86. The molecule has 0 saturated carbocycles. The minimum atomic E-state index is -4.53. The molecule has 2 rings (SSSR count). The van der Waals surface area contributed by atoms with E-state index in [1.165, 1.54) is 0 Å². The fourth-order valence-electron chi connectivity index (χ4n) is 2.09. The molecule has 1 aliphatic rings. The van der Waals surface area contributed by atoms with E-state index in [0.717, 1.165) is 0 Å². The Morgan fingerprint density at radius 3 is 2.22 bits per heavy atom. The highest BCUT2D eigenvalue weighted by atomic mass is 19.4. The van der Waals surface area contributed by atoms with Crippen LogP contribution >= 0.6 is 0 Å². The summed E-state index contributed by atoms with van der Waals surface area (Å²) in [6, 6.07) is 3.22. The van der Waals surface area contributed by atoms with Gasteiger partial charge in [-0.3, -0.25) is 14.5 Å². The van der Waals surface area contributed by atoms with E-state index in [1.54, 1.807) is 26.0 Å². The van der Waals surface area contributed by atoms with Gasteiger partial charge in [0.15, 0.2) is 0 Å². The molecule has 0 fully saturated rings. The number of ketones is 1. The number of fused-ring (bicyclic) bond motifs is 1. The number of carbonyl (C=O) groups is 2. The number of benzene rings is 1. The van der Waals surface area contributed by atoms with Crippen LogP contribution in [0, 0.1) is 13.8 Å². The number of hydrogen-bond acceptors (Lipinski definition) is 2. The number of anilines is 1. The number of carbonyl (C=O) groups excluding carboxylic acids is 2. The van der Waals surface area contributed by atoms with Gasteiger partial charge < -0.3 is 0 Å². The van der Waals surface area contributed by atoms with Crippen LogP contribution in [0.5, 0.6) is 0 Å². The van der Waals surface area contributed by atoms with Gasteiger partial charge in [0.1, 0.15) is 6.54 Å². The second-order valence-corrected chi connectivity index (χ2v) is 4.26. The molecule has 1 aromatic carbocycles. The fourth-order valence-corrected chi connectivity index (χ4v) is 2.09. The van der Waals surface area contributed by atoms with Crippen LogP contribution in [0.4, 0.5) is 18.9 Å². The van der Waals surface area contributed by atoms with E-state index in [-0.39, 0.29) is 11.3 Å². The molecule has 0 radical (unpaired) electrons. The van der Waals surface area contributed by atoms with Gasteiger partial charge in [-0.2, -0.15) is 13.2 Å². The maximum absolute atomic E-state index is 12.4. The maximum atomic E-state index is 12.4. The van der Waals surface area contributed by atoms with Crippen LogP contribution in [0.3, 0.4) is 0 Å². The average molecular weight is 257 g/mol. The van der Waals surface area contributed by atoms with Crippen molar-refractivity contribution < 1.29 is 22.8 Å². The molecule has 1 heterocycles. The summed E-state index contributed by atoms with van der Waals surface area (Å²) < 4.78 is 37.3. The van der Waals surface area contributed by atoms with Gasteiger partial charge in [-0.1, -0.05) is 12.1 Å². The minimum absolute atomic E-state index is 0.0855. The zero-order valence-electron chi connectivity index (χ0n) is 9.76. The molecule has 0 spiro atoms. The summed E-state index contributed by atoms with van der Waals surface area (Å²) in [6.07, 6.45) is -4.53. The van der Waals surface area contributed by atoms with Gasteiger partial charge in [-0.05, 0) is 25.0 Å². The molecule has 0 N–H and O–H groups in total. The molecular weight excluding hydrogens is 247 g/mol. The first-order valence-electron chi connectivity index (χ1n) is 5.25. The van der Waals surface area contributed by atoms with Gasteiger partial charge in [-0.25, -0.2) is 0 Å². The monoisotopic (exact) mass is 257 g/mol. The van der Waals surface area contributed by atoms with Crippen molar-refractivity contribution in [3.05, 3.63) is 28.8 Å². The zero-order valence-corrected chi connectivity index (χ0v) is 9.76. The van der Waals surface area contributed by atoms with Gasteiger partial charge in [0.25, 0.3) is 11.7 Å². The van der Waals surface area contributed by atoms with E-state index in [0.29, 0.717) is 16.0 Å². The number of alkyl halides is 3. The number of Topliss-reactive ketones (excluding diaryl/α,β-unsaturated/α-hetero) is 1. The van der Waals surface area contributed by atoms with Gasteiger partial charge in [-0.15, -0.1) is 0 Å². The number of nitrogens with zero attached hydrogens (tertiary/aromatic N) is 1. The number of aryl methyl sites for hydroxylation is 2. The third kappa shape index (κ3) is 1.87. The van der Waals surface area contributed by atoms with Crippen LogP contribution in [0.1, 0.15) is 21.5 Å². The van der Waals surface area contributed by atoms with Gasteiger partial charge >= 0.3 is 6.18 Å². The third-order valence-corrected chi connectivity index (χ3v) is 2.86. The Bertz CT molecular complexity index is 549. The molecule has 1 aliphatic heterocycles. The predicted octanol–water partition coefficient (Wildman–Crippen LogP) is 2.40. The zero-order chi connectivity index (χ0) is 13.7. The summed E-state index contributed by atoms with van der Waals surface area (Å²) in [6.45, 7) is 1.74. The van der Waals surface area contributed by atoms with Crippen molar-refractivity contribution in [2.75, 3.05) is 11.4 Å². The molecule has 0 aromatic heterocycles. The maximum Gasteiger partial charge on any atom is 0.406 e. The number of halogens is 3. The van der Waals surface area contributed by atoms with Crippen molar-refractivity contribution in [1.82, 2.24) is 0 Å². The van der Waals surface area contributed by atoms with Crippen LogP contribution in [0.25, 0.3) is 0 Å². The molecule has 0 aliphatic carbocycles. The standard InChI is InChI=1S/C12H10F3NO2/c1-6-3-4-7(2)9-8(6)10(17)11(18)16(9)5-12(13,14)15/h3-4H,5H2,1-2H3. The number of hydrogen-bond donors (Lipinski definition) is 0. The Labute approximate surface area is 101 Å². The molecule has 0 bridgehead atoms. The molecule has 3 nitrogen and oxygen atoms in total. The number of rotatable bonds is 1. The van der Waals surface area contributed by atoms with Crippen molar-refractivity contribution in [3.63, 3.8) is 0 Å². The fraction of sp³-hybridized carbons (Fsp3) is 0.333. The Morgan fingerprint density at radius 2 is 1.67 bits per heavy atom. The Balaban J connectivity index is 2.58. The normalized spacial score (nSPS) is 15.3. The van der Waals surface area contributed by atoms with E-state index in [4.69, 9.17) is 0 Å². The van der Waals surface area contributed by atoms with Gasteiger partial charge in [0, 0.05) is 0 Å². The largest absolute Gasteiger partial charge is 0.406 e. The van der Waals surface area contributed by atoms with Crippen molar-refractivity contribution in [3.8, 4) is 0 Å². The van der Waals surface area contributed by atoms with Gasteiger partial charge in [0.2, 0.25) is 0 Å². The van der Waals surface area contributed by atoms with Crippen molar-refractivity contribution in [1.29, 1.82) is 0 Å². The van der Waals surface area contributed by atoms with Gasteiger partial charge in [0.05, 0.1) is 11.3 Å². The first-order chi connectivity index (χ1) is 8.22. The van der Waals surface area contributed by atoms with Crippen LogP contribution in [0.2, 0.25) is 0 Å². The first-order valence-corrected chi connectivity index (χ1v) is 5.25. The lowest BCUT2D eigenvalue weighted by Crippen LogP contribution is -2.38. The van der Waals surface area contributed by atoms with Crippen LogP contribution in [-0.2, 0) is 4.79 Å². The first kappa shape index (κ1) is 12.6. The predicted molar refractivity (Wildman–Crippen MR) is 58.7 cm³/mol. The highest BCUT2D eigenvalue weighted by Gasteiger charge is 2.43. The summed E-state index contributed by atoms with van der Waals surface area (Å²) >= 11 is 0. The molecule has 1 amide bonds. The van der Waals surface area contributed by atoms with Crippen molar-refractivity contribution >= 4 is 17.4 Å². The smallest absolute Gasteiger partial charge is 0.295 e. The van der Waals surface area contributed by atoms with E-state index >= 15 is 0 Å². The summed E-state index contributed by atoms with van der Waals surface area (Å²) in [7, 11) is 0. The minimum Gasteiger partial charge on any atom is -0.295 e. The second-order valence-electron chi connectivity index (χ2n) is 4.26. The lowest BCUT2D eigenvalue weighted by Gasteiger charge is -2.20. The van der Waals surface area contributed by atoms with E-state index < -0.39 is 24.4 Å². The highest BCUT2D eigenvalue weighted by Crippen LogP contribution is 2.36. The van der Waals surface area contributed by atoms with Crippen molar-refractivity contribution in [2.45, 2.75) is 20.0 Å². The van der Waals surface area contributed by atoms with Crippen molar-refractivity contribution in [2.24, 2.45) is 0 Å². The molecular formula is C12H10F3NO2. The Morgan fingerprint density at radius 1 is 1.11 bits per heavy atom. The molecule has 96 valence electrons. The molecule has 18 heavy (non-hydrogen) atoms. The Hall–Kier alpha value is -1.85. The molecule has 6 heteroatoms. The summed E-state index contributed by atoms with van der Waals surface area (Å²) in [4.78, 5) is 23.8. The van der Waals surface area contributed by atoms with Crippen LogP contribution in [0.15, 0.2) is 12.1 Å².